The third-order valence-electron chi connectivity index (χ3n) is 1.92. The minimum absolute atomic E-state index is 0.283. The fourth-order valence-corrected chi connectivity index (χ4v) is 1.81. The molecule has 2 heterocycles. The molecule has 2 rings (SSSR count). The molecule has 0 saturated carbocycles. The molecule has 7 heteroatoms. The predicted molar refractivity (Wildman–Crippen MR) is 55.4 cm³/mol. The van der Waals surface area contributed by atoms with Gasteiger partial charge in [-0.25, -0.2) is 4.98 Å². The van der Waals surface area contributed by atoms with Crippen molar-refractivity contribution in [3.05, 3.63) is 16.6 Å². The summed E-state index contributed by atoms with van der Waals surface area (Å²) < 4.78 is 0. The lowest BCUT2D eigenvalue weighted by Crippen LogP contribution is -2.52. The number of hydrazine groups is 1. The topological polar surface area (TPSA) is 86.6 Å². The van der Waals surface area contributed by atoms with Crippen molar-refractivity contribution in [3.63, 3.8) is 0 Å². The summed E-state index contributed by atoms with van der Waals surface area (Å²) >= 11 is 1.52. The van der Waals surface area contributed by atoms with Crippen LogP contribution in [0.2, 0.25) is 0 Å². The summed E-state index contributed by atoms with van der Waals surface area (Å²) in [4.78, 5) is 19.3. The Morgan fingerprint density at radius 2 is 2.40 bits per heavy atom. The molecule has 0 radical (unpaired) electrons. The van der Waals surface area contributed by atoms with E-state index in [-0.39, 0.29) is 12.5 Å². The first kappa shape index (κ1) is 10.1. The molecule has 80 valence electrons. The second-order valence-electron chi connectivity index (χ2n) is 2.99. The Morgan fingerprint density at radius 1 is 1.53 bits per heavy atom. The zero-order valence-electron chi connectivity index (χ0n) is 7.80. The first-order valence-electron chi connectivity index (χ1n) is 4.41. The molecule has 1 amide bonds. The van der Waals surface area contributed by atoms with E-state index in [1.807, 2.05) is 5.38 Å². The molecule has 1 aliphatic heterocycles. The van der Waals surface area contributed by atoms with E-state index in [1.165, 1.54) is 11.3 Å². The van der Waals surface area contributed by atoms with Gasteiger partial charge in [-0.1, -0.05) is 0 Å². The van der Waals surface area contributed by atoms with Gasteiger partial charge in [0.25, 0.3) is 5.91 Å². The highest BCUT2D eigenvalue weighted by Crippen LogP contribution is 2.06. The lowest BCUT2D eigenvalue weighted by molar-refractivity contribution is -0.124. The lowest BCUT2D eigenvalue weighted by atomic mass is 10.3. The summed E-state index contributed by atoms with van der Waals surface area (Å²) in [5.74, 6) is 0.295. The molecule has 1 aromatic rings. The highest BCUT2D eigenvalue weighted by molar-refractivity contribution is 7.09. The van der Waals surface area contributed by atoms with Crippen LogP contribution in [-0.4, -0.2) is 34.5 Å². The van der Waals surface area contributed by atoms with Crippen LogP contribution in [0.15, 0.2) is 16.6 Å². The molecule has 0 aromatic carbocycles. The Labute approximate surface area is 90.0 Å². The van der Waals surface area contributed by atoms with Crippen LogP contribution >= 0.6 is 11.3 Å². The number of aliphatic hydroxyl groups excluding tert-OH is 1. The van der Waals surface area contributed by atoms with Crippen molar-refractivity contribution in [2.45, 2.75) is 12.5 Å². The molecule has 1 unspecified atom stereocenters. The standard InChI is InChI=1S/C8H10N4O2S/c13-4-5-8(14)12-11-6(10-5)3-7-9-1-2-15-7/h1-2,5,13H,3-4H2,(H,10,11)(H,12,14). The Morgan fingerprint density at radius 3 is 3.07 bits per heavy atom. The second kappa shape index (κ2) is 4.37. The summed E-state index contributed by atoms with van der Waals surface area (Å²) in [5, 5.41) is 11.7. The molecule has 6 nitrogen and oxygen atoms in total. The van der Waals surface area contributed by atoms with Crippen molar-refractivity contribution >= 4 is 23.1 Å². The zero-order chi connectivity index (χ0) is 10.7. The number of carbonyl (C=O) groups excluding carboxylic acids is 1. The molecule has 0 aliphatic carbocycles. The fraction of sp³-hybridized carbons (Fsp3) is 0.375. The minimum atomic E-state index is -0.707. The van der Waals surface area contributed by atoms with Gasteiger partial charge in [0, 0.05) is 11.6 Å². The maximum absolute atomic E-state index is 11.1. The van der Waals surface area contributed by atoms with Crippen LogP contribution < -0.4 is 10.9 Å². The first-order valence-corrected chi connectivity index (χ1v) is 5.29. The fourth-order valence-electron chi connectivity index (χ4n) is 1.19. The van der Waals surface area contributed by atoms with E-state index >= 15 is 0 Å². The van der Waals surface area contributed by atoms with Gasteiger partial charge in [0.15, 0.2) is 6.04 Å². The van der Waals surface area contributed by atoms with E-state index in [0.29, 0.717) is 12.3 Å². The van der Waals surface area contributed by atoms with Crippen molar-refractivity contribution in [1.29, 1.82) is 0 Å². The van der Waals surface area contributed by atoms with Crippen LogP contribution in [0.4, 0.5) is 0 Å². The largest absolute Gasteiger partial charge is 0.394 e. The van der Waals surface area contributed by atoms with Gasteiger partial charge >= 0.3 is 0 Å². The molecule has 15 heavy (non-hydrogen) atoms. The SMILES string of the molecule is O=C1NNC(Cc2nccs2)=NC1CO. The van der Waals surface area contributed by atoms with Crippen molar-refractivity contribution < 1.29 is 9.90 Å². The van der Waals surface area contributed by atoms with Gasteiger partial charge in [0.1, 0.15) is 10.8 Å². The molecule has 1 atom stereocenters. The maximum atomic E-state index is 11.1. The smallest absolute Gasteiger partial charge is 0.265 e. The third-order valence-corrected chi connectivity index (χ3v) is 2.70. The van der Waals surface area contributed by atoms with Crippen molar-refractivity contribution in [2.24, 2.45) is 4.99 Å². The number of aliphatic imine (C=N–C) groups is 1. The highest BCUT2D eigenvalue weighted by atomic mass is 32.1. The molecule has 0 fully saturated rings. The molecule has 0 saturated heterocycles. The predicted octanol–water partition coefficient (Wildman–Crippen LogP) is -0.921. The molecule has 0 bridgehead atoms. The minimum Gasteiger partial charge on any atom is -0.394 e. The lowest BCUT2D eigenvalue weighted by Gasteiger charge is -2.20. The average Bonchev–Trinajstić information content (AvgIpc) is 2.73. The van der Waals surface area contributed by atoms with Crippen LogP contribution in [0, 0.1) is 0 Å². The van der Waals surface area contributed by atoms with E-state index < -0.39 is 6.04 Å². The van der Waals surface area contributed by atoms with Crippen LogP contribution in [0.1, 0.15) is 5.01 Å². The van der Waals surface area contributed by atoms with E-state index in [2.05, 4.69) is 20.8 Å². The Hall–Kier alpha value is -1.47. The van der Waals surface area contributed by atoms with Gasteiger partial charge in [-0.05, 0) is 0 Å². The summed E-state index contributed by atoms with van der Waals surface area (Å²) in [6.45, 7) is -0.283. The number of amidine groups is 1. The number of nitrogens with zero attached hydrogens (tertiary/aromatic N) is 2. The number of nitrogens with one attached hydrogen (secondary N) is 2. The number of aromatic nitrogens is 1. The number of rotatable bonds is 3. The van der Waals surface area contributed by atoms with E-state index in [4.69, 9.17) is 5.11 Å². The second-order valence-corrected chi connectivity index (χ2v) is 3.97. The third kappa shape index (κ3) is 2.31. The molecular weight excluding hydrogens is 216 g/mol. The van der Waals surface area contributed by atoms with E-state index in [1.54, 1.807) is 6.20 Å². The van der Waals surface area contributed by atoms with E-state index in [9.17, 15) is 4.79 Å². The van der Waals surface area contributed by atoms with Gasteiger partial charge in [0.05, 0.1) is 13.0 Å². The highest BCUT2D eigenvalue weighted by Gasteiger charge is 2.22. The summed E-state index contributed by atoms with van der Waals surface area (Å²) in [6, 6.07) is -0.707. The number of amides is 1. The van der Waals surface area contributed by atoms with Crippen molar-refractivity contribution in [3.8, 4) is 0 Å². The monoisotopic (exact) mass is 226 g/mol. The van der Waals surface area contributed by atoms with Crippen LogP contribution in [-0.2, 0) is 11.2 Å². The molecule has 1 aromatic heterocycles. The number of hydrogen-bond acceptors (Lipinski definition) is 6. The van der Waals surface area contributed by atoms with Crippen molar-refractivity contribution in [2.75, 3.05) is 6.61 Å². The normalized spacial score (nSPS) is 20.5. The summed E-state index contributed by atoms with van der Waals surface area (Å²) in [5.41, 5.74) is 5.12. The van der Waals surface area contributed by atoms with Gasteiger partial charge in [0.2, 0.25) is 0 Å². The zero-order valence-corrected chi connectivity index (χ0v) is 8.62. The van der Waals surface area contributed by atoms with Crippen LogP contribution in [0.25, 0.3) is 0 Å². The van der Waals surface area contributed by atoms with E-state index in [0.717, 1.165) is 5.01 Å². The maximum Gasteiger partial charge on any atom is 0.265 e. The van der Waals surface area contributed by atoms with Crippen LogP contribution in [0.3, 0.4) is 0 Å². The molecular formula is C8H10N4O2S. The number of hydrogen-bond donors (Lipinski definition) is 3. The van der Waals surface area contributed by atoms with Gasteiger partial charge in [-0.2, -0.15) is 0 Å². The van der Waals surface area contributed by atoms with Gasteiger partial charge < -0.3 is 5.11 Å². The van der Waals surface area contributed by atoms with Crippen molar-refractivity contribution in [1.82, 2.24) is 15.8 Å². The summed E-state index contributed by atoms with van der Waals surface area (Å²) in [6.07, 6.45) is 2.25. The number of aliphatic hydroxyl groups is 1. The first-order chi connectivity index (χ1) is 7.29. The Balaban J connectivity index is 2.07. The molecule has 3 N–H and O–H groups in total. The number of carbonyl (C=O) groups is 1. The van der Waals surface area contributed by atoms with Gasteiger partial charge in [-0.3, -0.25) is 20.6 Å². The van der Waals surface area contributed by atoms with Gasteiger partial charge in [-0.15, -0.1) is 11.3 Å². The Bertz CT molecular complexity index is 376. The Kier molecular flexibility index (Phi) is 2.93. The quantitative estimate of drug-likeness (QED) is 0.622. The average molecular weight is 226 g/mol. The molecule has 1 aliphatic rings. The number of thiazole rings is 1. The molecule has 0 spiro atoms. The van der Waals surface area contributed by atoms with Crippen LogP contribution in [0.5, 0.6) is 0 Å². The summed E-state index contributed by atoms with van der Waals surface area (Å²) in [7, 11) is 0.